The summed E-state index contributed by atoms with van der Waals surface area (Å²) < 4.78 is 0. The molecule has 0 amide bonds. The van der Waals surface area contributed by atoms with Gasteiger partial charge in [-0.05, 0) is 210 Å². The van der Waals surface area contributed by atoms with Crippen molar-refractivity contribution >= 4 is 77.2 Å². The Hall–Kier alpha value is -11.1. The van der Waals surface area contributed by atoms with Crippen LogP contribution in [0.1, 0.15) is 22.3 Å². The zero-order valence-corrected chi connectivity index (χ0v) is 49.9. The van der Waals surface area contributed by atoms with E-state index in [1.54, 1.807) is 0 Å². The molecule has 0 bridgehead atoms. The maximum absolute atomic E-state index is 2.36. The van der Waals surface area contributed by atoms with Gasteiger partial charge in [0.05, 0.1) is 0 Å². The van der Waals surface area contributed by atoms with Gasteiger partial charge in [-0.3, -0.25) is 0 Å². The first-order valence-electron chi connectivity index (χ1n) is 30.5. The van der Waals surface area contributed by atoms with E-state index in [0.29, 0.717) is 0 Å². The van der Waals surface area contributed by atoms with Crippen LogP contribution in [0.5, 0.6) is 0 Å². The van der Waals surface area contributed by atoms with Crippen LogP contribution in [0.4, 0.5) is 34.1 Å². The molecule has 0 aliphatic heterocycles. The van der Waals surface area contributed by atoms with Gasteiger partial charge in [0.2, 0.25) is 0 Å². The average Bonchev–Trinajstić information content (AvgIpc) is 0.788. The van der Waals surface area contributed by atoms with E-state index in [4.69, 9.17) is 0 Å². The fourth-order valence-corrected chi connectivity index (χ4v) is 13.2. The van der Waals surface area contributed by atoms with Gasteiger partial charge in [0, 0.05) is 34.1 Å². The first-order valence-corrected chi connectivity index (χ1v) is 30.5. The quantitative estimate of drug-likeness (QED) is 0.113. The molecule has 0 N–H and O–H groups in total. The van der Waals surface area contributed by atoms with Gasteiger partial charge < -0.3 is 9.80 Å². The third-order valence-corrected chi connectivity index (χ3v) is 17.8. The molecule has 0 saturated heterocycles. The Bertz CT molecular complexity index is 4570. The van der Waals surface area contributed by atoms with Crippen molar-refractivity contribution in [1.82, 2.24) is 0 Å². The molecule has 0 aliphatic rings. The first kappa shape index (κ1) is 53.7. The van der Waals surface area contributed by atoms with Crippen molar-refractivity contribution in [3.63, 3.8) is 0 Å². The van der Waals surface area contributed by atoms with E-state index in [1.165, 1.54) is 132 Å². The van der Waals surface area contributed by atoms with Gasteiger partial charge in [-0.2, -0.15) is 0 Å². The SMILES string of the molecule is Cc1ccc(N(c2ccc(C)cc2)c2ccc(-c3ccc(-c4ccc(-c5c6ccccc6c(-c6ccc(-c7ccc(-c8ccc(N(c9ccc(C)cc9)c9ccc(C)cc9)cc8)cc7)c7ccccc67)c6ccccc56)c5ccccc45)cc3)cc2)cc1. The van der Waals surface area contributed by atoms with Crippen molar-refractivity contribution in [1.29, 1.82) is 0 Å². The Morgan fingerprint density at radius 1 is 0.159 bits per heavy atom. The number of hydrogen-bond acceptors (Lipinski definition) is 2. The van der Waals surface area contributed by atoms with Crippen LogP contribution in [0.15, 0.2) is 315 Å². The van der Waals surface area contributed by atoms with Crippen LogP contribution in [0.25, 0.3) is 110 Å². The minimum Gasteiger partial charge on any atom is -0.311 e. The lowest BCUT2D eigenvalue weighted by Gasteiger charge is -2.26. The van der Waals surface area contributed by atoms with Crippen LogP contribution < -0.4 is 9.80 Å². The molecule has 2 nitrogen and oxygen atoms in total. The zero-order valence-electron chi connectivity index (χ0n) is 49.9. The molecule has 0 unspecified atom stereocenters. The molecule has 0 aliphatic carbocycles. The Morgan fingerprint density at radius 3 is 0.591 bits per heavy atom. The van der Waals surface area contributed by atoms with Crippen molar-refractivity contribution in [2.45, 2.75) is 27.7 Å². The summed E-state index contributed by atoms with van der Waals surface area (Å²) in [5.41, 5.74) is 26.3. The van der Waals surface area contributed by atoms with Crippen molar-refractivity contribution in [2.75, 3.05) is 9.80 Å². The van der Waals surface area contributed by atoms with E-state index in [9.17, 15) is 0 Å². The molecule has 0 atom stereocenters. The highest BCUT2D eigenvalue weighted by molar-refractivity contribution is 6.26. The normalized spacial score (nSPS) is 11.4. The largest absolute Gasteiger partial charge is 0.311 e. The highest BCUT2D eigenvalue weighted by Crippen LogP contribution is 2.49. The summed E-state index contributed by atoms with van der Waals surface area (Å²) >= 11 is 0. The monoisotopic (exact) mass is 1120 g/mol. The highest BCUT2D eigenvalue weighted by atomic mass is 15.1. The molecule has 0 fully saturated rings. The topological polar surface area (TPSA) is 6.48 Å². The van der Waals surface area contributed by atoms with Crippen LogP contribution in [0.3, 0.4) is 0 Å². The molecule has 15 rings (SSSR count). The molecule has 0 saturated carbocycles. The summed E-state index contributed by atoms with van der Waals surface area (Å²) in [6, 6.07) is 117. The lowest BCUT2D eigenvalue weighted by molar-refractivity contribution is 1.27. The number of fused-ring (bicyclic) bond motifs is 4. The van der Waals surface area contributed by atoms with Crippen LogP contribution in [-0.4, -0.2) is 0 Å². The second kappa shape index (κ2) is 22.7. The first-order chi connectivity index (χ1) is 43.3. The fraction of sp³-hybridized carbons (Fsp3) is 0.0465. The molecule has 15 aromatic rings. The molecule has 88 heavy (non-hydrogen) atoms. The number of rotatable bonds is 12. The van der Waals surface area contributed by atoms with Crippen molar-refractivity contribution in [3.05, 3.63) is 338 Å². The van der Waals surface area contributed by atoms with E-state index >= 15 is 0 Å². The molecule has 0 heterocycles. The van der Waals surface area contributed by atoms with E-state index in [2.05, 4.69) is 353 Å². The van der Waals surface area contributed by atoms with Gasteiger partial charge in [0.25, 0.3) is 0 Å². The number of anilines is 6. The second-order valence-electron chi connectivity index (χ2n) is 23.5. The molecule has 418 valence electrons. The number of nitrogens with zero attached hydrogens (tertiary/aromatic N) is 2. The summed E-state index contributed by atoms with van der Waals surface area (Å²) in [6.45, 7) is 8.54. The maximum atomic E-state index is 2.36. The van der Waals surface area contributed by atoms with Crippen LogP contribution in [0.2, 0.25) is 0 Å². The minimum absolute atomic E-state index is 1.12. The Morgan fingerprint density at radius 2 is 0.341 bits per heavy atom. The highest BCUT2D eigenvalue weighted by Gasteiger charge is 2.22. The van der Waals surface area contributed by atoms with Gasteiger partial charge >= 0.3 is 0 Å². The van der Waals surface area contributed by atoms with E-state index in [1.807, 2.05) is 0 Å². The maximum Gasteiger partial charge on any atom is 0.0462 e. The standard InChI is InChI=1S/C86H64N2/c1-57-21-41-67(42-22-57)87(68-43-23-58(2)24-44-68)71-49-37-63(38-50-71)61-29-33-65(34-30-61)73-53-55-83(77-15-7-5-13-75(73)77)85-79-17-9-11-19-81(79)86(82-20-12-10-18-80(82)85)84-56-54-74(76-14-6-8-16-78(76)84)66-35-31-62(32-36-66)64-39-51-72(52-40-64)88(69-45-25-59(3)26-46-69)70-47-27-60(4)28-48-70/h5-56H,1-4H3. The van der Waals surface area contributed by atoms with Crippen molar-refractivity contribution in [3.8, 4) is 66.8 Å². The molecular weight excluding hydrogens is 1060 g/mol. The molecule has 0 spiro atoms. The summed E-state index contributed by atoms with van der Waals surface area (Å²) in [5.74, 6) is 0. The van der Waals surface area contributed by atoms with Crippen molar-refractivity contribution < 1.29 is 0 Å². The van der Waals surface area contributed by atoms with Crippen LogP contribution >= 0.6 is 0 Å². The fourth-order valence-electron chi connectivity index (χ4n) is 13.2. The second-order valence-corrected chi connectivity index (χ2v) is 23.5. The van der Waals surface area contributed by atoms with Gasteiger partial charge in [-0.15, -0.1) is 0 Å². The predicted octanol–water partition coefficient (Wildman–Crippen LogP) is 24.5. The smallest absolute Gasteiger partial charge is 0.0462 e. The number of benzene rings is 15. The van der Waals surface area contributed by atoms with Crippen LogP contribution in [0, 0.1) is 27.7 Å². The number of hydrogen-bond donors (Lipinski definition) is 0. The van der Waals surface area contributed by atoms with Gasteiger partial charge in [0.1, 0.15) is 0 Å². The third kappa shape index (κ3) is 9.95. The lowest BCUT2D eigenvalue weighted by Crippen LogP contribution is -2.09. The van der Waals surface area contributed by atoms with Crippen LogP contribution in [-0.2, 0) is 0 Å². The minimum atomic E-state index is 1.12. The summed E-state index contributed by atoms with van der Waals surface area (Å²) in [4.78, 5) is 4.66. The Balaban J connectivity index is 0.749. The van der Waals surface area contributed by atoms with E-state index in [-0.39, 0.29) is 0 Å². The number of aryl methyl sites for hydroxylation is 4. The average molecular weight is 1130 g/mol. The predicted molar refractivity (Wildman–Crippen MR) is 377 cm³/mol. The molecule has 0 radical (unpaired) electrons. The van der Waals surface area contributed by atoms with Gasteiger partial charge in [-0.25, -0.2) is 0 Å². The van der Waals surface area contributed by atoms with E-state index in [0.717, 1.165) is 34.1 Å². The van der Waals surface area contributed by atoms with Gasteiger partial charge in [0.15, 0.2) is 0 Å². The summed E-state index contributed by atoms with van der Waals surface area (Å²) in [7, 11) is 0. The van der Waals surface area contributed by atoms with E-state index < -0.39 is 0 Å². The molecular formula is C86H64N2. The summed E-state index contributed by atoms with van der Waals surface area (Å²) in [6.07, 6.45) is 0. The zero-order chi connectivity index (χ0) is 59.2. The Labute approximate surface area is 516 Å². The molecule has 2 heteroatoms. The van der Waals surface area contributed by atoms with Gasteiger partial charge in [-0.1, -0.05) is 265 Å². The molecule has 15 aromatic carbocycles. The summed E-state index contributed by atoms with van der Waals surface area (Å²) in [5, 5.41) is 9.87. The van der Waals surface area contributed by atoms with Crippen molar-refractivity contribution in [2.24, 2.45) is 0 Å². The third-order valence-electron chi connectivity index (χ3n) is 17.8. The Kier molecular flexibility index (Phi) is 13.9. The lowest BCUT2D eigenvalue weighted by atomic mass is 9.82. The molecule has 0 aromatic heterocycles.